The van der Waals surface area contributed by atoms with Crippen molar-refractivity contribution in [1.29, 1.82) is 0 Å². The van der Waals surface area contributed by atoms with Gasteiger partial charge < -0.3 is 14.6 Å². The molecule has 1 amide bonds. The molecule has 3 heterocycles. The summed E-state index contributed by atoms with van der Waals surface area (Å²) in [6, 6.07) is 2.16. The molecule has 0 radical (unpaired) electrons. The summed E-state index contributed by atoms with van der Waals surface area (Å²) in [7, 11) is 1.37. The minimum atomic E-state index is -0.390. The molecule has 0 unspecified atom stereocenters. The predicted molar refractivity (Wildman–Crippen MR) is 130 cm³/mol. The van der Waals surface area contributed by atoms with Crippen LogP contribution < -0.4 is 5.32 Å². The largest absolute Gasteiger partial charge is 0.465 e. The van der Waals surface area contributed by atoms with Crippen LogP contribution >= 0.6 is 34.4 Å². The van der Waals surface area contributed by atoms with Crippen molar-refractivity contribution in [3.63, 3.8) is 0 Å². The standard InChI is InChI=1S/C22H26N4O3S3/c1-5-26-19(13-9-16(12(2)3)30-10-13)24-25-22(26)31-11-17(27)23-20-18(21(28)29-4)14-7-6-8-15(14)32-20/h9-10,12H,5-8,11H2,1-4H3,(H,23,27). The third kappa shape index (κ3) is 4.49. The Hall–Kier alpha value is -2.17. The van der Waals surface area contributed by atoms with Gasteiger partial charge in [0.15, 0.2) is 11.0 Å². The average molecular weight is 491 g/mol. The van der Waals surface area contributed by atoms with Crippen LogP contribution in [-0.4, -0.2) is 39.5 Å². The Balaban J connectivity index is 1.46. The number of anilines is 1. The molecule has 170 valence electrons. The van der Waals surface area contributed by atoms with Gasteiger partial charge in [-0.1, -0.05) is 25.6 Å². The smallest absolute Gasteiger partial charge is 0.341 e. The van der Waals surface area contributed by atoms with E-state index in [2.05, 4.69) is 40.8 Å². The summed E-state index contributed by atoms with van der Waals surface area (Å²) in [6.07, 6.45) is 2.83. The van der Waals surface area contributed by atoms with E-state index in [4.69, 9.17) is 4.74 Å². The maximum absolute atomic E-state index is 12.7. The molecule has 1 aliphatic rings. The number of esters is 1. The third-order valence-corrected chi connectivity index (χ3v) is 8.78. The van der Waals surface area contributed by atoms with Gasteiger partial charge in [-0.2, -0.15) is 0 Å². The van der Waals surface area contributed by atoms with Crippen molar-refractivity contribution in [1.82, 2.24) is 14.8 Å². The van der Waals surface area contributed by atoms with Gasteiger partial charge in [-0.3, -0.25) is 4.79 Å². The highest BCUT2D eigenvalue weighted by atomic mass is 32.2. The van der Waals surface area contributed by atoms with E-state index in [0.29, 0.717) is 28.2 Å². The summed E-state index contributed by atoms with van der Waals surface area (Å²) in [5.41, 5.74) is 2.60. The molecule has 0 fully saturated rings. The molecule has 0 bridgehead atoms. The SMILES string of the molecule is CCn1c(SCC(=O)Nc2sc3c(c2C(=O)OC)CCC3)nnc1-c1csc(C(C)C)c1. The van der Waals surface area contributed by atoms with E-state index in [1.165, 1.54) is 40.0 Å². The normalized spacial score (nSPS) is 12.9. The van der Waals surface area contributed by atoms with E-state index in [9.17, 15) is 9.59 Å². The number of nitrogens with one attached hydrogen (secondary N) is 1. The summed E-state index contributed by atoms with van der Waals surface area (Å²) in [5, 5.41) is 15.0. The fourth-order valence-electron chi connectivity index (χ4n) is 3.77. The summed E-state index contributed by atoms with van der Waals surface area (Å²) in [4.78, 5) is 27.5. The number of methoxy groups -OCH3 is 1. The molecule has 4 rings (SSSR count). The molecule has 0 atom stereocenters. The Morgan fingerprint density at radius 3 is 2.81 bits per heavy atom. The zero-order chi connectivity index (χ0) is 22.8. The highest BCUT2D eigenvalue weighted by Crippen LogP contribution is 2.39. The fraction of sp³-hybridized carbons (Fsp3) is 0.455. The van der Waals surface area contributed by atoms with Crippen LogP contribution in [0, 0.1) is 0 Å². The van der Waals surface area contributed by atoms with Crippen LogP contribution in [0.25, 0.3) is 11.4 Å². The lowest BCUT2D eigenvalue weighted by molar-refractivity contribution is -0.113. The number of rotatable bonds is 8. The van der Waals surface area contributed by atoms with Crippen molar-refractivity contribution < 1.29 is 14.3 Å². The average Bonchev–Trinajstić information content (AvgIpc) is 3.53. The van der Waals surface area contributed by atoms with E-state index in [1.807, 2.05) is 11.5 Å². The number of hydrogen-bond acceptors (Lipinski definition) is 8. The summed E-state index contributed by atoms with van der Waals surface area (Å²) in [5.74, 6) is 0.908. The monoisotopic (exact) mass is 490 g/mol. The number of nitrogens with zero attached hydrogens (tertiary/aromatic N) is 3. The van der Waals surface area contributed by atoms with Crippen molar-refractivity contribution in [3.05, 3.63) is 32.3 Å². The first-order chi connectivity index (χ1) is 15.4. The van der Waals surface area contributed by atoms with E-state index in [-0.39, 0.29) is 17.6 Å². The van der Waals surface area contributed by atoms with Crippen LogP contribution in [-0.2, 0) is 28.9 Å². The zero-order valence-electron chi connectivity index (χ0n) is 18.6. The quantitative estimate of drug-likeness (QED) is 0.344. The summed E-state index contributed by atoms with van der Waals surface area (Å²) >= 11 is 4.56. The van der Waals surface area contributed by atoms with Gasteiger partial charge in [0.1, 0.15) is 5.00 Å². The minimum Gasteiger partial charge on any atom is -0.465 e. The van der Waals surface area contributed by atoms with Crippen LogP contribution in [0.15, 0.2) is 16.6 Å². The summed E-state index contributed by atoms with van der Waals surface area (Å²) in [6.45, 7) is 7.10. The summed E-state index contributed by atoms with van der Waals surface area (Å²) < 4.78 is 6.98. The number of fused-ring (bicyclic) bond motifs is 1. The molecule has 3 aromatic rings. The zero-order valence-corrected chi connectivity index (χ0v) is 21.0. The topological polar surface area (TPSA) is 86.1 Å². The number of thioether (sulfide) groups is 1. The van der Waals surface area contributed by atoms with E-state index < -0.39 is 0 Å². The number of amides is 1. The molecule has 10 heteroatoms. The fourth-order valence-corrected chi connectivity index (χ4v) is 6.77. The van der Waals surface area contributed by atoms with Crippen molar-refractivity contribution in [2.45, 2.75) is 57.7 Å². The Bertz CT molecular complexity index is 1150. The molecule has 0 saturated carbocycles. The van der Waals surface area contributed by atoms with Gasteiger partial charge in [0, 0.05) is 27.2 Å². The van der Waals surface area contributed by atoms with E-state index >= 15 is 0 Å². The second-order valence-corrected chi connectivity index (χ2v) is 10.8. The predicted octanol–water partition coefficient (Wildman–Crippen LogP) is 5.22. The number of carbonyl (C=O) groups is 2. The maximum Gasteiger partial charge on any atom is 0.341 e. The Kier molecular flexibility index (Phi) is 7.02. The molecule has 0 aliphatic heterocycles. The first kappa shape index (κ1) is 23.0. The molecule has 0 saturated heterocycles. The number of ether oxygens (including phenoxy) is 1. The molecule has 32 heavy (non-hydrogen) atoms. The van der Waals surface area contributed by atoms with Gasteiger partial charge in [0.25, 0.3) is 0 Å². The number of thiophene rings is 2. The van der Waals surface area contributed by atoms with Gasteiger partial charge in [-0.15, -0.1) is 32.9 Å². The lowest BCUT2D eigenvalue weighted by Crippen LogP contribution is -2.16. The van der Waals surface area contributed by atoms with Crippen molar-refractivity contribution in [2.75, 3.05) is 18.2 Å². The van der Waals surface area contributed by atoms with Gasteiger partial charge in [-0.05, 0) is 43.7 Å². The van der Waals surface area contributed by atoms with Crippen LogP contribution in [0.3, 0.4) is 0 Å². The van der Waals surface area contributed by atoms with E-state index in [1.54, 1.807) is 11.3 Å². The van der Waals surface area contributed by atoms with Crippen LogP contribution in [0.4, 0.5) is 5.00 Å². The van der Waals surface area contributed by atoms with E-state index in [0.717, 1.165) is 36.2 Å². The van der Waals surface area contributed by atoms with Crippen molar-refractivity contribution in [2.24, 2.45) is 0 Å². The minimum absolute atomic E-state index is 0.176. The second-order valence-electron chi connectivity index (χ2n) is 7.83. The lowest BCUT2D eigenvalue weighted by Gasteiger charge is -2.08. The Morgan fingerprint density at radius 1 is 1.31 bits per heavy atom. The van der Waals surface area contributed by atoms with Gasteiger partial charge in [0.2, 0.25) is 5.91 Å². The highest BCUT2D eigenvalue weighted by molar-refractivity contribution is 7.99. The van der Waals surface area contributed by atoms with Crippen molar-refractivity contribution >= 4 is 51.3 Å². The number of hydrogen-bond donors (Lipinski definition) is 1. The molecule has 3 aromatic heterocycles. The first-order valence-electron chi connectivity index (χ1n) is 10.6. The first-order valence-corrected chi connectivity index (χ1v) is 13.3. The molecule has 0 spiro atoms. The number of aryl methyl sites for hydroxylation is 1. The third-order valence-electron chi connectivity index (χ3n) is 5.38. The second kappa shape index (κ2) is 9.76. The van der Waals surface area contributed by atoms with Crippen molar-refractivity contribution in [3.8, 4) is 11.4 Å². The maximum atomic E-state index is 12.7. The Morgan fingerprint density at radius 2 is 2.12 bits per heavy atom. The molecule has 7 nitrogen and oxygen atoms in total. The molecular weight excluding hydrogens is 464 g/mol. The number of carbonyl (C=O) groups excluding carboxylic acids is 2. The van der Waals surface area contributed by atoms with Crippen LogP contribution in [0.5, 0.6) is 0 Å². The molecule has 1 N–H and O–H groups in total. The van der Waals surface area contributed by atoms with Crippen LogP contribution in [0.1, 0.15) is 58.8 Å². The number of aromatic nitrogens is 3. The molecular formula is C22H26N4O3S3. The van der Waals surface area contributed by atoms with Gasteiger partial charge >= 0.3 is 5.97 Å². The lowest BCUT2D eigenvalue weighted by atomic mass is 10.1. The van der Waals surface area contributed by atoms with Gasteiger partial charge in [0.05, 0.1) is 18.4 Å². The Labute approximate surface area is 199 Å². The van der Waals surface area contributed by atoms with Crippen LogP contribution in [0.2, 0.25) is 0 Å². The molecule has 1 aliphatic carbocycles. The molecule has 0 aromatic carbocycles. The highest BCUT2D eigenvalue weighted by Gasteiger charge is 2.28. The van der Waals surface area contributed by atoms with Gasteiger partial charge in [-0.25, -0.2) is 4.79 Å².